The molecule has 1 heterocycles. The molecule has 5 heteroatoms. The van der Waals surface area contributed by atoms with Gasteiger partial charge in [-0.15, -0.1) is 0 Å². The summed E-state index contributed by atoms with van der Waals surface area (Å²) in [5.74, 6) is 1.41. The van der Waals surface area contributed by atoms with Gasteiger partial charge in [0.2, 0.25) is 0 Å². The molecule has 2 rings (SSSR count). The summed E-state index contributed by atoms with van der Waals surface area (Å²) in [4.78, 5) is 8.02. The Kier molecular flexibility index (Phi) is 3.09. The lowest BCUT2D eigenvalue weighted by Crippen LogP contribution is -1.97. The number of aromatic nitrogens is 2. The number of benzene rings is 1. The Morgan fingerprint density at radius 2 is 2.00 bits per heavy atom. The van der Waals surface area contributed by atoms with Crippen LogP contribution in [0.1, 0.15) is 0 Å². The van der Waals surface area contributed by atoms with Crippen molar-refractivity contribution < 1.29 is 9.47 Å². The molecule has 17 heavy (non-hydrogen) atoms. The van der Waals surface area contributed by atoms with Gasteiger partial charge in [-0.2, -0.15) is 0 Å². The summed E-state index contributed by atoms with van der Waals surface area (Å²) in [5, 5.41) is 0. The number of ether oxygens (including phenoxy) is 2. The first-order valence-electron chi connectivity index (χ1n) is 5.04. The Morgan fingerprint density at radius 1 is 1.18 bits per heavy atom. The van der Waals surface area contributed by atoms with Crippen molar-refractivity contribution in [2.45, 2.75) is 0 Å². The number of anilines is 1. The second-order valence-corrected chi connectivity index (χ2v) is 3.39. The molecule has 0 radical (unpaired) electrons. The zero-order valence-corrected chi connectivity index (χ0v) is 9.68. The molecule has 0 amide bonds. The number of hydrogen-bond donors (Lipinski definition) is 1. The molecule has 88 valence electrons. The molecular weight excluding hydrogens is 218 g/mol. The zero-order chi connectivity index (χ0) is 12.3. The van der Waals surface area contributed by atoms with Gasteiger partial charge in [-0.1, -0.05) is 0 Å². The van der Waals surface area contributed by atoms with E-state index in [1.54, 1.807) is 20.4 Å². The van der Waals surface area contributed by atoms with Crippen molar-refractivity contribution in [3.63, 3.8) is 0 Å². The molecule has 0 atom stereocenters. The summed E-state index contributed by atoms with van der Waals surface area (Å²) in [6.45, 7) is 0. The number of nitrogen functional groups attached to an aromatic ring is 1. The van der Waals surface area contributed by atoms with E-state index >= 15 is 0 Å². The van der Waals surface area contributed by atoms with Crippen LogP contribution in [0.3, 0.4) is 0 Å². The van der Waals surface area contributed by atoms with Crippen LogP contribution < -0.4 is 15.2 Å². The van der Waals surface area contributed by atoms with Crippen molar-refractivity contribution >= 4 is 5.69 Å². The summed E-state index contributed by atoms with van der Waals surface area (Å²) >= 11 is 0. The molecule has 1 aromatic carbocycles. The van der Waals surface area contributed by atoms with Gasteiger partial charge in [-0.05, 0) is 18.2 Å². The van der Waals surface area contributed by atoms with Crippen LogP contribution in [0.4, 0.5) is 5.69 Å². The van der Waals surface area contributed by atoms with Gasteiger partial charge < -0.3 is 15.2 Å². The lowest BCUT2D eigenvalue weighted by Gasteiger charge is -2.11. The highest BCUT2D eigenvalue weighted by molar-refractivity contribution is 5.77. The Balaban J connectivity index is 2.60. The number of nitrogens with two attached hydrogens (primary N) is 1. The number of methoxy groups -OCH3 is 2. The Morgan fingerprint density at radius 3 is 2.65 bits per heavy atom. The SMILES string of the molecule is COc1ccc(OC)c(-c2ncncc2N)c1. The number of rotatable bonds is 3. The first-order chi connectivity index (χ1) is 8.26. The molecule has 5 nitrogen and oxygen atoms in total. The number of nitrogens with zero attached hydrogens (tertiary/aromatic N) is 2. The fraction of sp³-hybridized carbons (Fsp3) is 0.167. The lowest BCUT2D eigenvalue weighted by atomic mass is 10.1. The number of hydrogen-bond acceptors (Lipinski definition) is 5. The summed E-state index contributed by atoms with van der Waals surface area (Å²) in [6, 6.07) is 5.47. The second kappa shape index (κ2) is 4.69. The van der Waals surface area contributed by atoms with Crippen molar-refractivity contribution in [1.82, 2.24) is 9.97 Å². The van der Waals surface area contributed by atoms with Gasteiger partial charge in [0.05, 0.1) is 26.1 Å². The monoisotopic (exact) mass is 231 g/mol. The molecule has 1 aromatic heterocycles. The van der Waals surface area contributed by atoms with Crippen molar-refractivity contribution in [3.8, 4) is 22.8 Å². The van der Waals surface area contributed by atoms with E-state index < -0.39 is 0 Å². The minimum atomic E-state index is 0.499. The van der Waals surface area contributed by atoms with Crippen LogP contribution in [0.5, 0.6) is 11.5 Å². The lowest BCUT2D eigenvalue weighted by molar-refractivity contribution is 0.404. The zero-order valence-electron chi connectivity index (χ0n) is 9.68. The van der Waals surface area contributed by atoms with E-state index in [4.69, 9.17) is 15.2 Å². The minimum absolute atomic E-state index is 0.499. The maximum atomic E-state index is 5.85. The normalized spacial score (nSPS) is 10.0. The van der Waals surface area contributed by atoms with E-state index in [0.717, 1.165) is 11.3 Å². The smallest absolute Gasteiger partial charge is 0.128 e. The van der Waals surface area contributed by atoms with Gasteiger partial charge in [0.15, 0.2) is 0 Å². The van der Waals surface area contributed by atoms with Crippen LogP contribution in [0, 0.1) is 0 Å². The molecule has 0 saturated heterocycles. The predicted octanol–water partition coefficient (Wildman–Crippen LogP) is 1.74. The third-order valence-electron chi connectivity index (χ3n) is 2.40. The molecule has 0 bridgehead atoms. The fourth-order valence-electron chi connectivity index (χ4n) is 1.56. The van der Waals surface area contributed by atoms with Crippen molar-refractivity contribution in [2.75, 3.05) is 20.0 Å². The fourth-order valence-corrected chi connectivity index (χ4v) is 1.56. The van der Waals surface area contributed by atoms with Crippen LogP contribution >= 0.6 is 0 Å². The highest BCUT2D eigenvalue weighted by Crippen LogP contribution is 2.34. The van der Waals surface area contributed by atoms with Crippen LogP contribution in [0.15, 0.2) is 30.7 Å². The highest BCUT2D eigenvalue weighted by Gasteiger charge is 2.11. The van der Waals surface area contributed by atoms with Crippen molar-refractivity contribution in [2.24, 2.45) is 0 Å². The van der Waals surface area contributed by atoms with E-state index in [0.29, 0.717) is 17.1 Å². The standard InChI is InChI=1S/C12H13N3O2/c1-16-8-3-4-11(17-2)9(5-8)12-10(13)6-14-7-15-12/h3-7H,13H2,1-2H3. The molecule has 0 saturated carbocycles. The summed E-state index contributed by atoms with van der Waals surface area (Å²) in [6.07, 6.45) is 3.01. The van der Waals surface area contributed by atoms with Crippen molar-refractivity contribution in [1.29, 1.82) is 0 Å². The van der Waals surface area contributed by atoms with E-state index in [9.17, 15) is 0 Å². The average Bonchev–Trinajstić information content (AvgIpc) is 2.38. The van der Waals surface area contributed by atoms with Gasteiger partial charge in [-0.3, -0.25) is 0 Å². The van der Waals surface area contributed by atoms with E-state index in [-0.39, 0.29) is 0 Å². The van der Waals surface area contributed by atoms with Crippen LogP contribution in [0.25, 0.3) is 11.3 Å². The minimum Gasteiger partial charge on any atom is -0.497 e. The van der Waals surface area contributed by atoms with E-state index in [2.05, 4.69) is 9.97 Å². The quantitative estimate of drug-likeness (QED) is 0.871. The predicted molar refractivity (Wildman–Crippen MR) is 65.0 cm³/mol. The molecule has 0 aliphatic rings. The largest absolute Gasteiger partial charge is 0.497 e. The summed E-state index contributed by atoms with van der Waals surface area (Å²) < 4.78 is 10.5. The maximum Gasteiger partial charge on any atom is 0.128 e. The summed E-state index contributed by atoms with van der Waals surface area (Å²) in [7, 11) is 3.21. The Labute approximate surface area is 99.2 Å². The molecule has 0 spiro atoms. The van der Waals surface area contributed by atoms with Gasteiger partial charge in [0, 0.05) is 5.56 Å². The highest BCUT2D eigenvalue weighted by atomic mass is 16.5. The first-order valence-corrected chi connectivity index (χ1v) is 5.04. The second-order valence-electron chi connectivity index (χ2n) is 3.39. The topological polar surface area (TPSA) is 70.3 Å². The molecule has 2 aromatic rings. The van der Waals surface area contributed by atoms with Crippen LogP contribution in [0.2, 0.25) is 0 Å². The molecule has 0 fully saturated rings. The molecular formula is C12H13N3O2. The molecule has 0 aliphatic heterocycles. The third-order valence-corrected chi connectivity index (χ3v) is 2.40. The van der Waals surface area contributed by atoms with Gasteiger partial charge >= 0.3 is 0 Å². The van der Waals surface area contributed by atoms with Crippen LogP contribution in [-0.2, 0) is 0 Å². The Bertz CT molecular complexity index is 529. The maximum absolute atomic E-state index is 5.85. The van der Waals surface area contributed by atoms with Gasteiger partial charge in [-0.25, -0.2) is 9.97 Å². The molecule has 0 aliphatic carbocycles. The third kappa shape index (κ3) is 2.13. The molecule has 2 N–H and O–H groups in total. The molecule has 0 unspecified atom stereocenters. The van der Waals surface area contributed by atoms with Gasteiger partial charge in [0.1, 0.15) is 23.5 Å². The average molecular weight is 231 g/mol. The van der Waals surface area contributed by atoms with Crippen LogP contribution in [-0.4, -0.2) is 24.2 Å². The van der Waals surface area contributed by atoms with Gasteiger partial charge in [0.25, 0.3) is 0 Å². The van der Waals surface area contributed by atoms with E-state index in [1.165, 1.54) is 6.33 Å². The van der Waals surface area contributed by atoms with Crippen molar-refractivity contribution in [3.05, 3.63) is 30.7 Å². The summed E-state index contributed by atoms with van der Waals surface area (Å²) in [5.41, 5.74) is 7.76. The van der Waals surface area contributed by atoms with E-state index in [1.807, 2.05) is 18.2 Å². The first kappa shape index (κ1) is 11.2. The Hall–Kier alpha value is -2.30.